The normalized spacial score (nSPS) is 11.4. The van der Waals surface area contributed by atoms with Crippen molar-refractivity contribution in [2.75, 3.05) is 18.1 Å². The summed E-state index contributed by atoms with van der Waals surface area (Å²) < 4.78 is 27.8. The van der Waals surface area contributed by atoms with E-state index in [9.17, 15) is 8.42 Å². The number of sulfone groups is 1. The minimum absolute atomic E-state index is 0.0731. The van der Waals surface area contributed by atoms with E-state index in [2.05, 4.69) is 15.9 Å². The van der Waals surface area contributed by atoms with Crippen molar-refractivity contribution in [2.24, 2.45) is 0 Å². The van der Waals surface area contributed by atoms with Crippen molar-refractivity contribution in [2.45, 2.75) is 12.3 Å². The van der Waals surface area contributed by atoms with Crippen molar-refractivity contribution in [3.8, 4) is 5.75 Å². The zero-order valence-electron chi connectivity index (χ0n) is 9.15. The first-order chi connectivity index (χ1) is 7.57. The predicted molar refractivity (Wildman–Crippen MR) is 68.9 cm³/mol. The summed E-state index contributed by atoms with van der Waals surface area (Å²) in [5.74, 6) is 0.943. The molecule has 1 aromatic rings. The molecular formula is C11H15BrO3S. The van der Waals surface area contributed by atoms with Crippen LogP contribution in [0.25, 0.3) is 0 Å². The van der Waals surface area contributed by atoms with Gasteiger partial charge in [-0.1, -0.05) is 35.0 Å². The van der Waals surface area contributed by atoms with Crippen molar-refractivity contribution in [1.29, 1.82) is 0 Å². The van der Waals surface area contributed by atoms with E-state index >= 15 is 0 Å². The number of benzene rings is 1. The Morgan fingerprint density at radius 2 is 1.88 bits per heavy atom. The Morgan fingerprint density at radius 3 is 2.38 bits per heavy atom. The molecule has 0 N–H and O–H groups in total. The maximum Gasteiger partial charge on any atom is 0.153 e. The summed E-state index contributed by atoms with van der Waals surface area (Å²) in [5.41, 5.74) is 1.16. The minimum atomic E-state index is -2.93. The third kappa shape index (κ3) is 4.53. The number of rotatable bonds is 6. The molecule has 0 radical (unpaired) electrons. The quantitative estimate of drug-likeness (QED) is 0.758. The first kappa shape index (κ1) is 13.5. The molecule has 0 bridgehead atoms. The molecule has 0 aliphatic rings. The van der Waals surface area contributed by atoms with Gasteiger partial charge in [0, 0.05) is 11.1 Å². The molecule has 0 atom stereocenters. The van der Waals surface area contributed by atoms with Crippen LogP contribution in [-0.4, -0.2) is 26.5 Å². The van der Waals surface area contributed by atoms with E-state index in [1.807, 2.05) is 24.3 Å². The lowest BCUT2D eigenvalue weighted by Gasteiger charge is -2.06. The van der Waals surface area contributed by atoms with Gasteiger partial charge in [-0.05, 0) is 17.7 Å². The third-order valence-corrected chi connectivity index (χ3v) is 4.50. The first-order valence-electron chi connectivity index (χ1n) is 5.05. The third-order valence-electron chi connectivity index (χ3n) is 2.18. The van der Waals surface area contributed by atoms with E-state index in [4.69, 9.17) is 4.74 Å². The summed E-state index contributed by atoms with van der Waals surface area (Å²) in [6.07, 6.45) is 0. The van der Waals surface area contributed by atoms with Crippen LogP contribution in [0.4, 0.5) is 0 Å². The van der Waals surface area contributed by atoms with E-state index in [-0.39, 0.29) is 18.1 Å². The summed E-state index contributed by atoms with van der Waals surface area (Å²) in [7, 11) is -2.93. The van der Waals surface area contributed by atoms with E-state index in [1.165, 1.54) is 0 Å². The van der Waals surface area contributed by atoms with Crippen LogP contribution in [-0.2, 0) is 15.2 Å². The number of ether oxygens (including phenoxy) is 1. The van der Waals surface area contributed by atoms with Crippen molar-refractivity contribution in [1.82, 2.24) is 0 Å². The van der Waals surface area contributed by atoms with Crippen molar-refractivity contribution in [3.05, 3.63) is 29.8 Å². The summed E-state index contributed by atoms with van der Waals surface area (Å²) in [6.45, 7) is 1.85. The van der Waals surface area contributed by atoms with Gasteiger partial charge in [-0.25, -0.2) is 8.42 Å². The maximum absolute atomic E-state index is 11.2. The average Bonchev–Trinajstić information content (AvgIpc) is 2.30. The smallest absolute Gasteiger partial charge is 0.153 e. The second-order valence-electron chi connectivity index (χ2n) is 3.36. The lowest BCUT2D eigenvalue weighted by Crippen LogP contribution is -2.15. The van der Waals surface area contributed by atoms with E-state index in [0.717, 1.165) is 10.9 Å². The molecule has 0 fully saturated rings. The Labute approximate surface area is 105 Å². The molecule has 0 unspecified atom stereocenters. The zero-order chi connectivity index (χ0) is 12.0. The van der Waals surface area contributed by atoms with Crippen LogP contribution in [0, 0.1) is 0 Å². The Balaban J connectivity index is 2.43. The summed E-state index contributed by atoms with van der Waals surface area (Å²) in [4.78, 5) is 0. The fourth-order valence-corrected chi connectivity index (χ4v) is 2.11. The molecule has 0 saturated heterocycles. The molecule has 0 aliphatic heterocycles. The monoisotopic (exact) mass is 306 g/mol. The highest BCUT2D eigenvalue weighted by Gasteiger charge is 2.07. The van der Waals surface area contributed by atoms with Crippen LogP contribution in [0.5, 0.6) is 5.75 Å². The highest BCUT2D eigenvalue weighted by Crippen LogP contribution is 2.14. The van der Waals surface area contributed by atoms with Gasteiger partial charge in [0.2, 0.25) is 0 Å². The van der Waals surface area contributed by atoms with Crippen LogP contribution in [0.1, 0.15) is 12.5 Å². The topological polar surface area (TPSA) is 43.4 Å². The van der Waals surface area contributed by atoms with Gasteiger partial charge in [-0.3, -0.25) is 0 Å². The molecule has 0 aromatic heterocycles. The Bertz CT molecular complexity index is 411. The van der Waals surface area contributed by atoms with Gasteiger partial charge in [-0.15, -0.1) is 0 Å². The largest absolute Gasteiger partial charge is 0.493 e. The van der Waals surface area contributed by atoms with E-state index < -0.39 is 9.84 Å². The highest BCUT2D eigenvalue weighted by molar-refractivity contribution is 9.08. The van der Waals surface area contributed by atoms with Crippen LogP contribution in [0.2, 0.25) is 0 Å². The molecule has 3 nitrogen and oxygen atoms in total. The number of halogens is 1. The van der Waals surface area contributed by atoms with Crippen LogP contribution in [0.15, 0.2) is 24.3 Å². The Morgan fingerprint density at radius 1 is 1.25 bits per heavy atom. The van der Waals surface area contributed by atoms with Gasteiger partial charge < -0.3 is 4.74 Å². The predicted octanol–water partition coefficient (Wildman–Crippen LogP) is 2.40. The van der Waals surface area contributed by atoms with Crippen molar-refractivity contribution < 1.29 is 13.2 Å². The van der Waals surface area contributed by atoms with Crippen LogP contribution >= 0.6 is 15.9 Å². The molecule has 0 aliphatic carbocycles. The molecule has 0 spiro atoms. The molecule has 1 aromatic carbocycles. The molecule has 16 heavy (non-hydrogen) atoms. The summed E-state index contributed by atoms with van der Waals surface area (Å²) in [6, 6.07) is 7.57. The van der Waals surface area contributed by atoms with Crippen LogP contribution in [0.3, 0.4) is 0 Å². The SMILES string of the molecule is CCS(=O)(=O)CCOc1ccc(CBr)cc1. The van der Waals surface area contributed by atoms with E-state index in [0.29, 0.717) is 5.75 Å². The highest BCUT2D eigenvalue weighted by atomic mass is 79.9. The minimum Gasteiger partial charge on any atom is -0.493 e. The molecule has 5 heteroatoms. The molecule has 0 amide bonds. The Hall–Kier alpha value is -0.550. The molecule has 0 saturated carbocycles. The van der Waals surface area contributed by atoms with E-state index in [1.54, 1.807) is 6.92 Å². The summed E-state index contributed by atoms with van der Waals surface area (Å²) in [5, 5.41) is 0.803. The van der Waals surface area contributed by atoms with Crippen LogP contribution < -0.4 is 4.74 Å². The lowest BCUT2D eigenvalue weighted by molar-refractivity contribution is 0.341. The number of alkyl halides is 1. The first-order valence-corrected chi connectivity index (χ1v) is 8.00. The molecular weight excluding hydrogens is 292 g/mol. The van der Waals surface area contributed by atoms with Gasteiger partial charge in [0.05, 0.1) is 5.75 Å². The molecule has 90 valence electrons. The fraction of sp³-hybridized carbons (Fsp3) is 0.455. The zero-order valence-corrected chi connectivity index (χ0v) is 11.6. The number of hydrogen-bond acceptors (Lipinski definition) is 3. The fourth-order valence-electron chi connectivity index (χ4n) is 1.11. The maximum atomic E-state index is 11.2. The second-order valence-corrected chi connectivity index (χ2v) is 6.40. The van der Waals surface area contributed by atoms with Gasteiger partial charge in [0.15, 0.2) is 9.84 Å². The standard InChI is InChI=1S/C11H15BrO3S/c1-2-16(13,14)8-7-15-11-5-3-10(9-12)4-6-11/h3-6H,2,7-9H2,1H3. The van der Waals surface area contributed by atoms with Crippen molar-refractivity contribution in [3.63, 3.8) is 0 Å². The van der Waals surface area contributed by atoms with Gasteiger partial charge in [0.25, 0.3) is 0 Å². The van der Waals surface area contributed by atoms with Crippen molar-refractivity contribution >= 4 is 25.8 Å². The Kier molecular flexibility index (Phi) is 5.28. The van der Waals surface area contributed by atoms with Gasteiger partial charge in [-0.2, -0.15) is 0 Å². The average molecular weight is 307 g/mol. The lowest BCUT2D eigenvalue weighted by atomic mass is 10.2. The second kappa shape index (κ2) is 6.25. The summed E-state index contributed by atoms with van der Waals surface area (Å²) >= 11 is 3.35. The molecule has 1 rings (SSSR count). The molecule has 0 heterocycles. The van der Waals surface area contributed by atoms with Gasteiger partial charge >= 0.3 is 0 Å². The van der Waals surface area contributed by atoms with Gasteiger partial charge in [0.1, 0.15) is 12.4 Å². The number of hydrogen-bond donors (Lipinski definition) is 0.